The van der Waals surface area contributed by atoms with Gasteiger partial charge in [0.25, 0.3) is 11.8 Å². The largest absolute Gasteiger partial charge is 0.459 e. The van der Waals surface area contributed by atoms with E-state index < -0.39 is 0 Å². The van der Waals surface area contributed by atoms with Crippen LogP contribution in [0, 0.1) is 5.92 Å². The quantitative estimate of drug-likeness (QED) is 0.684. The van der Waals surface area contributed by atoms with Crippen LogP contribution in [0.1, 0.15) is 41.2 Å². The van der Waals surface area contributed by atoms with Crippen molar-refractivity contribution in [3.8, 4) is 0 Å². The van der Waals surface area contributed by atoms with Gasteiger partial charge in [-0.2, -0.15) is 0 Å². The van der Waals surface area contributed by atoms with Gasteiger partial charge in [0.2, 0.25) is 0 Å². The lowest BCUT2D eigenvalue weighted by atomic mass is 10.2. The van der Waals surface area contributed by atoms with Gasteiger partial charge in [0.15, 0.2) is 5.76 Å². The van der Waals surface area contributed by atoms with Gasteiger partial charge in [0.05, 0.1) is 6.26 Å². The van der Waals surface area contributed by atoms with Gasteiger partial charge in [-0.25, -0.2) is 0 Å². The monoisotopic (exact) mass is 344 g/mol. The summed E-state index contributed by atoms with van der Waals surface area (Å²) in [6.45, 7) is 6.13. The fraction of sp³-hybridized carbons (Fsp3) is 0.368. The molecule has 0 aliphatic rings. The SMILES string of the molecule is CC(C)COCCCNC(=O)c1ccc(NC(=O)c2ccco2)cc1. The minimum Gasteiger partial charge on any atom is -0.459 e. The molecule has 0 spiro atoms. The van der Waals surface area contributed by atoms with Crippen LogP contribution in [-0.4, -0.2) is 31.6 Å². The topological polar surface area (TPSA) is 80.6 Å². The second-order valence-electron chi connectivity index (χ2n) is 6.09. The predicted molar refractivity (Wildman–Crippen MR) is 95.7 cm³/mol. The van der Waals surface area contributed by atoms with E-state index in [4.69, 9.17) is 9.15 Å². The van der Waals surface area contributed by atoms with Crippen molar-refractivity contribution in [2.24, 2.45) is 5.92 Å². The number of ether oxygens (including phenoxy) is 1. The first-order valence-electron chi connectivity index (χ1n) is 8.37. The Morgan fingerprint density at radius 3 is 2.52 bits per heavy atom. The normalized spacial score (nSPS) is 10.7. The van der Waals surface area contributed by atoms with Crippen molar-refractivity contribution in [2.45, 2.75) is 20.3 Å². The summed E-state index contributed by atoms with van der Waals surface area (Å²) in [5.74, 6) is 0.277. The van der Waals surface area contributed by atoms with E-state index in [1.165, 1.54) is 6.26 Å². The van der Waals surface area contributed by atoms with Gasteiger partial charge in [-0.1, -0.05) is 13.8 Å². The first-order chi connectivity index (χ1) is 12.1. The van der Waals surface area contributed by atoms with E-state index in [9.17, 15) is 9.59 Å². The second-order valence-corrected chi connectivity index (χ2v) is 6.09. The summed E-state index contributed by atoms with van der Waals surface area (Å²) < 4.78 is 10.5. The van der Waals surface area contributed by atoms with Crippen molar-refractivity contribution >= 4 is 17.5 Å². The first-order valence-corrected chi connectivity index (χ1v) is 8.37. The molecular weight excluding hydrogens is 320 g/mol. The zero-order valence-corrected chi connectivity index (χ0v) is 14.6. The molecule has 0 atom stereocenters. The molecule has 134 valence electrons. The summed E-state index contributed by atoms with van der Waals surface area (Å²) in [5.41, 5.74) is 1.14. The van der Waals surface area contributed by atoms with Crippen LogP contribution < -0.4 is 10.6 Å². The zero-order chi connectivity index (χ0) is 18.1. The molecule has 0 radical (unpaired) electrons. The number of furan rings is 1. The Labute approximate surface area is 147 Å². The molecule has 0 aliphatic carbocycles. The van der Waals surface area contributed by atoms with E-state index in [1.807, 2.05) is 0 Å². The zero-order valence-electron chi connectivity index (χ0n) is 14.6. The van der Waals surface area contributed by atoms with Crippen molar-refractivity contribution in [3.05, 3.63) is 54.0 Å². The third-order valence-electron chi connectivity index (χ3n) is 3.35. The lowest BCUT2D eigenvalue weighted by Crippen LogP contribution is -2.25. The van der Waals surface area contributed by atoms with Crippen LogP contribution in [0.25, 0.3) is 0 Å². The molecule has 2 amide bonds. The highest BCUT2D eigenvalue weighted by atomic mass is 16.5. The Morgan fingerprint density at radius 1 is 1.12 bits per heavy atom. The molecule has 2 aromatic rings. The Balaban J connectivity index is 1.73. The summed E-state index contributed by atoms with van der Waals surface area (Å²) in [5, 5.41) is 5.55. The molecule has 25 heavy (non-hydrogen) atoms. The minimum atomic E-state index is -0.330. The van der Waals surface area contributed by atoms with Gasteiger partial charge >= 0.3 is 0 Å². The molecule has 0 saturated carbocycles. The van der Waals surface area contributed by atoms with Crippen LogP contribution >= 0.6 is 0 Å². The minimum absolute atomic E-state index is 0.146. The highest BCUT2D eigenvalue weighted by Gasteiger charge is 2.09. The van der Waals surface area contributed by atoms with Crippen LogP contribution in [-0.2, 0) is 4.74 Å². The molecule has 2 N–H and O–H groups in total. The molecule has 1 heterocycles. The van der Waals surface area contributed by atoms with E-state index in [-0.39, 0.29) is 17.6 Å². The number of hydrogen-bond acceptors (Lipinski definition) is 4. The standard InChI is InChI=1S/C19H24N2O4/c1-14(2)13-24-11-4-10-20-18(22)15-6-8-16(9-7-15)21-19(23)17-5-3-12-25-17/h3,5-9,12,14H,4,10-11,13H2,1-2H3,(H,20,22)(H,21,23). The first kappa shape index (κ1) is 18.7. The van der Waals surface area contributed by atoms with Crippen molar-refractivity contribution in [2.75, 3.05) is 25.1 Å². The molecule has 1 aromatic heterocycles. The highest BCUT2D eigenvalue weighted by molar-refractivity contribution is 6.02. The maximum atomic E-state index is 12.1. The molecule has 6 nitrogen and oxygen atoms in total. The van der Waals surface area contributed by atoms with Gasteiger partial charge in [-0.3, -0.25) is 9.59 Å². The van der Waals surface area contributed by atoms with Crippen LogP contribution in [0.5, 0.6) is 0 Å². The third-order valence-corrected chi connectivity index (χ3v) is 3.35. The Morgan fingerprint density at radius 2 is 1.88 bits per heavy atom. The van der Waals surface area contributed by atoms with E-state index in [2.05, 4.69) is 24.5 Å². The van der Waals surface area contributed by atoms with Crippen LogP contribution in [0.3, 0.4) is 0 Å². The number of carbonyl (C=O) groups excluding carboxylic acids is 2. The number of benzene rings is 1. The molecule has 6 heteroatoms. The summed E-state index contributed by atoms with van der Waals surface area (Å²) in [7, 11) is 0. The van der Waals surface area contributed by atoms with E-state index in [1.54, 1.807) is 36.4 Å². The smallest absolute Gasteiger partial charge is 0.291 e. The highest BCUT2D eigenvalue weighted by Crippen LogP contribution is 2.12. The number of anilines is 1. The molecule has 0 aliphatic heterocycles. The maximum absolute atomic E-state index is 12.1. The maximum Gasteiger partial charge on any atom is 0.291 e. The number of nitrogens with one attached hydrogen (secondary N) is 2. The molecule has 0 unspecified atom stereocenters. The van der Waals surface area contributed by atoms with Crippen molar-refractivity contribution in [3.63, 3.8) is 0 Å². The predicted octanol–water partition coefficient (Wildman–Crippen LogP) is 3.32. The number of hydrogen-bond donors (Lipinski definition) is 2. The molecule has 0 bridgehead atoms. The molecule has 2 rings (SSSR count). The van der Waals surface area contributed by atoms with Crippen LogP contribution in [0.15, 0.2) is 47.1 Å². The number of rotatable bonds is 9. The average molecular weight is 344 g/mol. The van der Waals surface area contributed by atoms with E-state index in [0.29, 0.717) is 30.3 Å². The van der Waals surface area contributed by atoms with Gasteiger partial charge in [-0.15, -0.1) is 0 Å². The van der Waals surface area contributed by atoms with E-state index in [0.717, 1.165) is 13.0 Å². The Bertz CT molecular complexity index is 663. The van der Waals surface area contributed by atoms with Crippen molar-refractivity contribution in [1.29, 1.82) is 0 Å². The van der Waals surface area contributed by atoms with Gasteiger partial charge in [-0.05, 0) is 48.7 Å². The second kappa shape index (κ2) is 9.64. The van der Waals surface area contributed by atoms with E-state index >= 15 is 0 Å². The molecule has 0 saturated heterocycles. The molecule has 1 aromatic carbocycles. The van der Waals surface area contributed by atoms with Gasteiger partial charge in [0, 0.05) is 31.0 Å². The van der Waals surface area contributed by atoms with Crippen LogP contribution in [0.4, 0.5) is 5.69 Å². The average Bonchev–Trinajstić information content (AvgIpc) is 3.13. The summed E-state index contributed by atoms with van der Waals surface area (Å²) in [6.07, 6.45) is 2.21. The fourth-order valence-electron chi connectivity index (χ4n) is 2.10. The molecular formula is C19H24N2O4. The number of carbonyl (C=O) groups is 2. The summed E-state index contributed by atoms with van der Waals surface area (Å²) in [6, 6.07) is 9.94. The van der Waals surface area contributed by atoms with Gasteiger partial charge in [0.1, 0.15) is 0 Å². The lowest BCUT2D eigenvalue weighted by Gasteiger charge is -2.08. The Hall–Kier alpha value is -2.60. The third kappa shape index (κ3) is 6.43. The van der Waals surface area contributed by atoms with Gasteiger partial charge < -0.3 is 19.8 Å². The lowest BCUT2D eigenvalue weighted by molar-refractivity contribution is 0.0924. The summed E-state index contributed by atoms with van der Waals surface area (Å²) in [4.78, 5) is 23.9. The Kier molecular flexibility index (Phi) is 7.22. The van der Waals surface area contributed by atoms with Crippen molar-refractivity contribution < 1.29 is 18.7 Å². The van der Waals surface area contributed by atoms with Crippen molar-refractivity contribution in [1.82, 2.24) is 5.32 Å². The molecule has 0 fully saturated rings. The van der Waals surface area contributed by atoms with Crippen LogP contribution in [0.2, 0.25) is 0 Å². The number of amides is 2. The summed E-state index contributed by atoms with van der Waals surface area (Å²) >= 11 is 0. The fourth-order valence-corrected chi connectivity index (χ4v) is 2.10.